The summed E-state index contributed by atoms with van der Waals surface area (Å²) in [4.78, 5) is 16.9. The molecule has 5 nitrogen and oxygen atoms in total. The van der Waals surface area contributed by atoms with Crippen LogP contribution in [0.1, 0.15) is 13.3 Å². The number of ether oxygens (including phenoxy) is 1. The molecule has 0 aromatic carbocycles. The van der Waals surface area contributed by atoms with Crippen LogP contribution in [0.25, 0.3) is 0 Å². The Morgan fingerprint density at radius 3 is 2.93 bits per heavy atom. The van der Waals surface area contributed by atoms with E-state index in [-0.39, 0.29) is 6.03 Å². The second-order valence-corrected chi connectivity index (χ2v) is 3.70. The van der Waals surface area contributed by atoms with Gasteiger partial charge in [-0.25, -0.2) is 4.79 Å². The molecule has 0 bridgehead atoms. The summed E-state index contributed by atoms with van der Waals surface area (Å²) in [7, 11) is 1.62. The van der Waals surface area contributed by atoms with E-state index in [0.717, 1.165) is 0 Å². The van der Waals surface area contributed by atoms with Gasteiger partial charge in [-0.1, -0.05) is 6.08 Å². The summed E-state index contributed by atoms with van der Waals surface area (Å²) in [6.45, 7) is 6.48. The number of carbonyl (C=O) groups is 1. The maximum atomic E-state index is 11.5. The maximum Gasteiger partial charge on any atom is 0.346 e. The lowest BCUT2D eigenvalue weighted by atomic mass is 9.96. The van der Waals surface area contributed by atoms with Crippen LogP contribution in [0, 0.1) is 0 Å². The van der Waals surface area contributed by atoms with Crippen LogP contribution in [-0.2, 0) is 4.74 Å². The molecule has 0 spiro atoms. The fourth-order valence-electron chi connectivity index (χ4n) is 1.61. The second kappa shape index (κ2) is 4.44. The smallest absolute Gasteiger partial charge is 0.346 e. The Balaban J connectivity index is 2.85. The van der Waals surface area contributed by atoms with Crippen molar-refractivity contribution >= 4 is 11.9 Å². The highest BCUT2D eigenvalue weighted by molar-refractivity contribution is 6.05. The number of amidine groups is 1. The predicted octanol–water partition coefficient (Wildman–Crippen LogP) is 0.760. The van der Waals surface area contributed by atoms with Gasteiger partial charge in [-0.15, -0.1) is 6.58 Å². The van der Waals surface area contributed by atoms with Crippen molar-refractivity contribution in [1.82, 2.24) is 4.90 Å². The summed E-state index contributed by atoms with van der Waals surface area (Å²) in [5, 5.41) is 0. The van der Waals surface area contributed by atoms with Crippen LogP contribution >= 0.6 is 0 Å². The molecule has 0 radical (unpaired) electrons. The van der Waals surface area contributed by atoms with E-state index in [9.17, 15) is 4.79 Å². The van der Waals surface area contributed by atoms with Gasteiger partial charge in [0.2, 0.25) is 0 Å². The van der Waals surface area contributed by atoms with Crippen molar-refractivity contribution in [3.05, 3.63) is 12.7 Å². The Kier molecular flexibility index (Phi) is 3.47. The van der Waals surface area contributed by atoms with Gasteiger partial charge in [0.15, 0.2) is 0 Å². The van der Waals surface area contributed by atoms with Gasteiger partial charge in [0.1, 0.15) is 11.4 Å². The van der Waals surface area contributed by atoms with Gasteiger partial charge >= 0.3 is 6.03 Å². The molecule has 0 fully saturated rings. The highest BCUT2D eigenvalue weighted by Gasteiger charge is 2.43. The number of nitrogens with two attached hydrogens (primary N) is 1. The van der Waals surface area contributed by atoms with Crippen molar-refractivity contribution < 1.29 is 9.53 Å². The van der Waals surface area contributed by atoms with Gasteiger partial charge < -0.3 is 15.4 Å². The standard InChI is InChI=1S/C10H17N3O2/c1-4-6-13-9(14)12-8(11)10(13,2)5-7-15-3/h4H,1,5-7H2,2-3H3,(H2,11,12,14). The molecule has 1 atom stereocenters. The summed E-state index contributed by atoms with van der Waals surface area (Å²) in [5.41, 5.74) is 5.22. The fraction of sp³-hybridized carbons (Fsp3) is 0.600. The Morgan fingerprint density at radius 1 is 1.73 bits per heavy atom. The van der Waals surface area contributed by atoms with Gasteiger partial charge in [0.05, 0.1) is 0 Å². The monoisotopic (exact) mass is 211 g/mol. The first-order valence-corrected chi connectivity index (χ1v) is 4.82. The average molecular weight is 211 g/mol. The molecular formula is C10H17N3O2. The summed E-state index contributed by atoms with van der Waals surface area (Å²) < 4.78 is 5.00. The lowest BCUT2D eigenvalue weighted by molar-refractivity contribution is 0.137. The minimum Gasteiger partial charge on any atom is -0.385 e. The molecule has 1 aliphatic rings. The highest BCUT2D eigenvalue weighted by atomic mass is 16.5. The van der Waals surface area contributed by atoms with Crippen LogP contribution in [0.4, 0.5) is 4.79 Å². The number of rotatable bonds is 5. The zero-order valence-electron chi connectivity index (χ0n) is 9.19. The molecule has 0 aromatic heterocycles. The zero-order chi connectivity index (χ0) is 11.5. The molecular weight excluding hydrogens is 194 g/mol. The van der Waals surface area contributed by atoms with Crippen molar-refractivity contribution in [2.45, 2.75) is 18.9 Å². The third-order valence-corrected chi connectivity index (χ3v) is 2.70. The first-order chi connectivity index (χ1) is 7.06. The van der Waals surface area contributed by atoms with E-state index < -0.39 is 5.54 Å². The van der Waals surface area contributed by atoms with Crippen LogP contribution in [0.3, 0.4) is 0 Å². The van der Waals surface area contributed by atoms with Crippen LogP contribution in [-0.4, -0.2) is 42.6 Å². The molecule has 0 saturated carbocycles. The lowest BCUT2D eigenvalue weighted by Crippen LogP contribution is -2.52. The van der Waals surface area contributed by atoms with Crippen molar-refractivity contribution in [3.8, 4) is 0 Å². The van der Waals surface area contributed by atoms with Crippen LogP contribution in [0.15, 0.2) is 17.6 Å². The van der Waals surface area contributed by atoms with Crippen molar-refractivity contribution in [2.24, 2.45) is 10.7 Å². The predicted molar refractivity (Wildman–Crippen MR) is 58.8 cm³/mol. The van der Waals surface area contributed by atoms with Crippen molar-refractivity contribution in [3.63, 3.8) is 0 Å². The highest BCUT2D eigenvalue weighted by Crippen LogP contribution is 2.26. The van der Waals surface area contributed by atoms with Crippen LogP contribution < -0.4 is 5.73 Å². The fourth-order valence-corrected chi connectivity index (χ4v) is 1.61. The Bertz CT molecular complexity index is 301. The molecule has 1 rings (SSSR count). The topological polar surface area (TPSA) is 67.9 Å². The Morgan fingerprint density at radius 2 is 2.40 bits per heavy atom. The first kappa shape index (κ1) is 11.7. The number of methoxy groups -OCH3 is 1. The quantitative estimate of drug-likeness (QED) is 0.683. The van der Waals surface area contributed by atoms with Crippen LogP contribution in [0.5, 0.6) is 0 Å². The zero-order valence-corrected chi connectivity index (χ0v) is 9.19. The maximum absolute atomic E-state index is 11.5. The van der Waals surface area contributed by atoms with E-state index in [1.165, 1.54) is 0 Å². The number of hydrogen-bond donors (Lipinski definition) is 1. The van der Waals surface area contributed by atoms with Gasteiger partial charge in [-0.2, -0.15) is 4.99 Å². The number of aliphatic imine (C=N–C) groups is 1. The van der Waals surface area contributed by atoms with Crippen molar-refractivity contribution in [1.29, 1.82) is 0 Å². The molecule has 0 aliphatic carbocycles. The van der Waals surface area contributed by atoms with E-state index in [4.69, 9.17) is 10.5 Å². The summed E-state index contributed by atoms with van der Waals surface area (Å²) in [6.07, 6.45) is 2.30. The van der Waals surface area contributed by atoms with E-state index in [1.807, 2.05) is 6.92 Å². The van der Waals surface area contributed by atoms with Gasteiger partial charge in [-0.3, -0.25) is 0 Å². The molecule has 2 amide bonds. The normalized spacial score (nSPS) is 25.6. The number of hydrogen-bond acceptors (Lipinski definition) is 3. The number of urea groups is 1. The summed E-state index contributed by atoms with van der Waals surface area (Å²) in [5.74, 6) is 0.353. The molecule has 5 heteroatoms. The number of carbonyl (C=O) groups excluding carboxylic acids is 1. The van der Waals surface area contributed by atoms with Crippen molar-refractivity contribution in [2.75, 3.05) is 20.3 Å². The van der Waals surface area contributed by atoms with E-state index in [1.54, 1.807) is 18.1 Å². The number of nitrogens with zero attached hydrogens (tertiary/aromatic N) is 2. The third kappa shape index (κ3) is 2.02. The van der Waals surface area contributed by atoms with E-state index >= 15 is 0 Å². The number of amides is 2. The minimum absolute atomic E-state index is 0.300. The second-order valence-electron chi connectivity index (χ2n) is 3.70. The third-order valence-electron chi connectivity index (χ3n) is 2.70. The van der Waals surface area contributed by atoms with E-state index in [0.29, 0.717) is 25.4 Å². The molecule has 1 aliphatic heterocycles. The molecule has 84 valence electrons. The van der Waals surface area contributed by atoms with Crippen LogP contribution in [0.2, 0.25) is 0 Å². The lowest BCUT2D eigenvalue weighted by Gasteiger charge is -2.33. The summed E-state index contributed by atoms with van der Waals surface area (Å²) >= 11 is 0. The van der Waals surface area contributed by atoms with Gasteiger partial charge in [0, 0.05) is 26.7 Å². The SMILES string of the molecule is C=CCN1C(=O)N=C(N)C1(C)CCOC. The largest absolute Gasteiger partial charge is 0.385 e. The van der Waals surface area contributed by atoms with E-state index in [2.05, 4.69) is 11.6 Å². The molecule has 15 heavy (non-hydrogen) atoms. The molecule has 1 heterocycles. The molecule has 0 aromatic rings. The molecule has 2 N–H and O–H groups in total. The van der Waals surface area contributed by atoms with Gasteiger partial charge in [0.25, 0.3) is 0 Å². The van der Waals surface area contributed by atoms with Gasteiger partial charge in [-0.05, 0) is 6.92 Å². The average Bonchev–Trinajstić information content (AvgIpc) is 2.40. The Hall–Kier alpha value is -1.36. The molecule has 1 unspecified atom stereocenters. The molecule has 0 saturated heterocycles. The summed E-state index contributed by atoms with van der Waals surface area (Å²) in [6, 6.07) is -0.300. The minimum atomic E-state index is -0.540. The first-order valence-electron chi connectivity index (χ1n) is 4.82. The Labute approximate surface area is 89.6 Å².